The zero-order chi connectivity index (χ0) is 12.1. The molecule has 1 saturated heterocycles. The second kappa shape index (κ2) is 6.40. The number of aromatic nitrogens is 2. The number of nitrogens with one attached hydrogen (secondary N) is 1. The van der Waals surface area contributed by atoms with Crippen molar-refractivity contribution in [3.8, 4) is 0 Å². The van der Waals surface area contributed by atoms with Gasteiger partial charge in [0.05, 0.1) is 6.54 Å². The molecule has 4 nitrogen and oxygen atoms in total. The lowest BCUT2D eigenvalue weighted by molar-refractivity contribution is 0.380. The van der Waals surface area contributed by atoms with Gasteiger partial charge in [0.25, 0.3) is 0 Å². The van der Waals surface area contributed by atoms with Gasteiger partial charge in [-0.2, -0.15) is 11.8 Å². The topological polar surface area (TPSA) is 51.0 Å². The average Bonchev–Trinajstić information content (AvgIpc) is 2.75. The highest BCUT2D eigenvalue weighted by atomic mass is 32.2. The van der Waals surface area contributed by atoms with Gasteiger partial charge in [0.15, 0.2) is 0 Å². The summed E-state index contributed by atoms with van der Waals surface area (Å²) in [6.45, 7) is 4.89. The van der Waals surface area contributed by atoms with Gasteiger partial charge in [0.1, 0.15) is 0 Å². The van der Waals surface area contributed by atoms with Gasteiger partial charge in [0, 0.05) is 12.5 Å². The van der Waals surface area contributed by atoms with E-state index in [1.54, 1.807) is 0 Å². The summed E-state index contributed by atoms with van der Waals surface area (Å²) >= 11 is 2.05. The molecule has 1 aliphatic rings. The van der Waals surface area contributed by atoms with Gasteiger partial charge in [0.2, 0.25) is 11.8 Å². The average molecular weight is 255 g/mol. The molecule has 0 atom stereocenters. The van der Waals surface area contributed by atoms with E-state index in [2.05, 4.69) is 29.4 Å². The van der Waals surface area contributed by atoms with Crippen molar-refractivity contribution in [3.63, 3.8) is 0 Å². The lowest BCUT2D eigenvalue weighted by atomic mass is 9.99. The van der Waals surface area contributed by atoms with E-state index < -0.39 is 0 Å². The number of nitrogens with zero attached hydrogens (tertiary/aromatic N) is 2. The Morgan fingerprint density at radius 2 is 2.00 bits per heavy atom. The number of rotatable bonds is 5. The van der Waals surface area contributed by atoms with Gasteiger partial charge in [-0.1, -0.05) is 13.8 Å². The molecular weight excluding hydrogens is 234 g/mol. The second-order valence-electron chi connectivity index (χ2n) is 4.89. The van der Waals surface area contributed by atoms with Gasteiger partial charge in [-0.15, -0.1) is 10.2 Å². The Balaban J connectivity index is 1.80. The van der Waals surface area contributed by atoms with Crippen LogP contribution >= 0.6 is 11.8 Å². The van der Waals surface area contributed by atoms with Crippen molar-refractivity contribution in [1.29, 1.82) is 0 Å². The van der Waals surface area contributed by atoms with Crippen LogP contribution < -0.4 is 5.32 Å². The highest BCUT2D eigenvalue weighted by Crippen LogP contribution is 2.25. The fourth-order valence-corrected chi connectivity index (χ4v) is 3.14. The monoisotopic (exact) mass is 255 g/mol. The predicted molar refractivity (Wildman–Crippen MR) is 70.0 cm³/mol. The van der Waals surface area contributed by atoms with E-state index in [-0.39, 0.29) is 0 Å². The van der Waals surface area contributed by atoms with Crippen LogP contribution in [-0.2, 0) is 13.0 Å². The minimum atomic E-state index is 0.445. The molecule has 1 aromatic heterocycles. The van der Waals surface area contributed by atoms with Crippen molar-refractivity contribution >= 4 is 11.8 Å². The first-order valence-corrected chi connectivity index (χ1v) is 7.52. The molecule has 2 rings (SSSR count). The highest BCUT2D eigenvalue weighted by Gasteiger charge is 2.17. The Morgan fingerprint density at radius 3 is 2.71 bits per heavy atom. The standard InChI is InChI=1S/C12H21N3OS/c1-9(2)13-8-12-15-14-11(16-12)7-10-3-5-17-6-4-10/h9-10,13H,3-8H2,1-2H3. The summed E-state index contributed by atoms with van der Waals surface area (Å²) < 4.78 is 5.65. The van der Waals surface area contributed by atoms with Gasteiger partial charge in [-0.05, 0) is 30.3 Å². The molecule has 0 amide bonds. The van der Waals surface area contributed by atoms with Crippen LogP contribution in [0.2, 0.25) is 0 Å². The number of hydrogen-bond acceptors (Lipinski definition) is 5. The van der Waals surface area contributed by atoms with Crippen LogP contribution in [-0.4, -0.2) is 27.7 Å². The van der Waals surface area contributed by atoms with Crippen molar-refractivity contribution in [3.05, 3.63) is 11.8 Å². The SMILES string of the molecule is CC(C)NCc1nnc(CC2CCSCC2)o1. The Kier molecular flexibility index (Phi) is 4.86. The molecule has 0 aromatic carbocycles. The fraction of sp³-hybridized carbons (Fsp3) is 0.833. The zero-order valence-corrected chi connectivity index (χ0v) is 11.4. The Bertz CT molecular complexity index is 334. The lowest BCUT2D eigenvalue weighted by Gasteiger charge is -2.19. The van der Waals surface area contributed by atoms with Crippen molar-refractivity contribution in [2.45, 2.75) is 45.7 Å². The largest absolute Gasteiger partial charge is 0.424 e. The van der Waals surface area contributed by atoms with Crippen LogP contribution in [0.4, 0.5) is 0 Å². The normalized spacial score (nSPS) is 17.8. The summed E-state index contributed by atoms with van der Waals surface area (Å²) in [4.78, 5) is 0. The van der Waals surface area contributed by atoms with Crippen LogP contribution in [0.1, 0.15) is 38.5 Å². The first kappa shape index (κ1) is 12.9. The third kappa shape index (κ3) is 4.32. The summed E-state index contributed by atoms with van der Waals surface area (Å²) in [5, 5.41) is 11.5. The highest BCUT2D eigenvalue weighted by molar-refractivity contribution is 7.99. The third-order valence-corrected chi connectivity index (χ3v) is 4.02. The van der Waals surface area contributed by atoms with Crippen molar-refractivity contribution in [2.24, 2.45) is 5.92 Å². The third-order valence-electron chi connectivity index (χ3n) is 2.97. The summed E-state index contributed by atoms with van der Waals surface area (Å²) in [5.74, 6) is 4.81. The minimum Gasteiger partial charge on any atom is -0.424 e. The maximum atomic E-state index is 5.65. The Hall–Kier alpha value is -0.550. The van der Waals surface area contributed by atoms with Crippen LogP contribution in [0, 0.1) is 5.92 Å². The molecule has 1 fully saturated rings. The van der Waals surface area contributed by atoms with E-state index in [0.717, 1.165) is 18.2 Å². The molecular formula is C12H21N3OS. The quantitative estimate of drug-likeness (QED) is 0.874. The van der Waals surface area contributed by atoms with E-state index >= 15 is 0 Å². The molecule has 0 bridgehead atoms. The smallest absolute Gasteiger partial charge is 0.230 e. The van der Waals surface area contributed by atoms with Gasteiger partial charge in [-0.3, -0.25) is 0 Å². The molecule has 0 saturated carbocycles. The van der Waals surface area contributed by atoms with Gasteiger partial charge < -0.3 is 9.73 Å². The second-order valence-corrected chi connectivity index (χ2v) is 6.11. The molecule has 0 radical (unpaired) electrons. The Labute approximate surface area is 107 Å². The molecule has 1 aromatic rings. The molecule has 17 heavy (non-hydrogen) atoms. The van der Waals surface area contributed by atoms with Crippen LogP contribution in [0.25, 0.3) is 0 Å². The molecule has 1 aliphatic heterocycles. The zero-order valence-electron chi connectivity index (χ0n) is 10.6. The minimum absolute atomic E-state index is 0.445. The molecule has 5 heteroatoms. The first-order valence-electron chi connectivity index (χ1n) is 6.36. The number of hydrogen-bond donors (Lipinski definition) is 1. The van der Waals surface area contributed by atoms with E-state index in [1.807, 2.05) is 11.8 Å². The predicted octanol–water partition coefficient (Wildman–Crippen LogP) is 2.25. The maximum Gasteiger partial charge on any atom is 0.230 e. The lowest BCUT2D eigenvalue weighted by Crippen LogP contribution is -2.21. The summed E-state index contributed by atoms with van der Waals surface area (Å²) in [6, 6.07) is 0.445. The first-order chi connectivity index (χ1) is 8.24. The van der Waals surface area contributed by atoms with Crippen molar-refractivity contribution in [1.82, 2.24) is 15.5 Å². The van der Waals surface area contributed by atoms with Crippen molar-refractivity contribution < 1.29 is 4.42 Å². The summed E-state index contributed by atoms with van der Waals surface area (Å²) in [5.41, 5.74) is 0. The van der Waals surface area contributed by atoms with E-state index in [9.17, 15) is 0 Å². The van der Waals surface area contributed by atoms with Gasteiger partial charge in [-0.25, -0.2) is 0 Å². The van der Waals surface area contributed by atoms with Crippen LogP contribution in [0.15, 0.2) is 4.42 Å². The van der Waals surface area contributed by atoms with Crippen molar-refractivity contribution in [2.75, 3.05) is 11.5 Å². The molecule has 0 spiro atoms. The molecule has 2 heterocycles. The van der Waals surface area contributed by atoms with Crippen LogP contribution in [0.3, 0.4) is 0 Å². The van der Waals surface area contributed by atoms with E-state index in [1.165, 1.54) is 24.3 Å². The fourth-order valence-electron chi connectivity index (χ4n) is 1.93. The molecule has 0 aliphatic carbocycles. The molecule has 1 N–H and O–H groups in total. The maximum absolute atomic E-state index is 5.65. The van der Waals surface area contributed by atoms with Gasteiger partial charge >= 0.3 is 0 Å². The molecule has 96 valence electrons. The summed E-state index contributed by atoms with van der Waals surface area (Å²) in [7, 11) is 0. The molecule has 0 unspecified atom stereocenters. The summed E-state index contributed by atoms with van der Waals surface area (Å²) in [6.07, 6.45) is 3.52. The Morgan fingerprint density at radius 1 is 1.29 bits per heavy atom. The van der Waals surface area contributed by atoms with E-state index in [0.29, 0.717) is 18.5 Å². The van der Waals surface area contributed by atoms with Crippen LogP contribution in [0.5, 0.6) is 0 Å². The number of thioether (sulfide) groups is 1. The van der Waals surface area contributed by atoms with E-state index in [4.69, 9.17) is 4.42 Å².